The van der Waals surface area contributed by atoms with Crippen molar-refractivity contribution < 1.29 is 13.2 Å². The maximum Gasteiger partial charge on any atom is 0.264 e. The molecule has 0 unspecified atom stereocenters. The summed E-state index contributed by atoms with van der Waals surface area (Å²) in [5, 5.41) is 10.9. The number of aromatic nitrogens is 2. The Kier molecular flexibility index (Phi) is 5.78. The van der Waals surface area contributed by atoms with Crippen LogP contribution in [0.1, 0.15) is 10.4 Å². The number of sulfonamides is 1. The Bertz CT molecular complexity index is 1050. The average Bonchev–Trinajstić information content (AvgIpc) is 3.15. The van der Waals surface area contributed by atoms with Crippen LogP contribution in [-0.2, 0) is 10.0 Å². The first-order chi connectivity index (χ1) is 12.9. The molecule has 0 radical (unpaired) electrons. The molecule has 7 nitrogen and oxygen atoms in total. The molecule has 0 spiro atoms. The van der Waals surface area contributed by atoms with Gasteiger partial charge in [0.15, 0.2) is 4.34 Å². The van der Waals surface area contributed by atoms with Gasteiger partial charge in [-0.25, -0.2) is 8.42 Å². The largest absolute Gasteiger partial charge is 0.296 e. The van der Waals surface area contributed by atoms with E-state index in [2.05, 4.69) is 15.5 Å². The van der Waals surface area contributed by atoms with Gasteiger partial charge in [-0.05, 0) is 36.6 Å². The summed E-state index contributed by atoms with van der Waals surface area (Å²) >= 11 is 2.71. The number of benzene rings is 2. The highest BCUT2D eigenvalue weighted by molar-refractivity contribution is 8.00. The van der Waals surface area contributed by atoms with Crippen LogP contribution in [-0.4, -0.2) is 37.8 Å². The molecule has 3 aromatic rings. The van der Waals surface area contributed by atoms with Gasteiger partial charge in [-0.2, -0.15) is 0 Å². The molecule has 0 aliphatic rings. The first-order valence-electron chi connectivity index (χ1n) is 7.74. The van der Waals surface area contributed by atoms with E-state index in [9.17, 15) is 13.2 Å². The number of amides is 1. The summed E-state index contributed by atoms with van der Waals surface area (Å²) in [5.41, 5.74) is 0.706. The standard InChI is InChI=1S/C17H16N4O3S3/c1-21(27(23,24)14-9-4-3-5-10-14)13-8-6-7-12(11-13)15(22)18-16-19-20-17(25-2)26-16/h3-11H,1-2H3,(H,18,19,22). The minimum Gasteiger partial charge on any atom is -0.296 e. The fourth-order valence-electron chi connectivity index (χ4n) is 2.24. The van der Waals surface area contributed by atoms with Gasteiger partial charge >= 0.3 is 0 Å². The minimum atomic E-state index is -3.71. The molecule has 0 aliphatic heterocycles. The molecule has 27 heavy (non-hydrogen) atoms. The maximum absolute atomic E-state index is 12.7. The maximum atomic E-state index is 12.7. The van der Waals surface area contributed by atoms with Gasteiger partial charge in [-0.1, -0.05) is 47.4 Å². The lowest BCUT2D eigenvalue weighted by molar-refractivity contribution is 0.102. The topological polar surface area (TPSA) is 92.3 Å². The van der Waals surface area contributed by atoms with Crippen molar-refractivity contribution in [2.75, 3.05) is 22.9 Å². The highest BCUT2D eigenvalue weighted by Gasteiger charge is 2.21. The van der Waals surface area contributed by atoms with E-state index in [0.717, 1.165) is 8.64 Å². The zero-order valence-corrected chi connectivity index (χ0v) is 16.9. The van der Waals surface area contributed by atoms with Gasteiger partial charge < -0.3 is 0 Å². The smallest absolute Gasteiger partial charge is 0.264 e. The van der Waals surface area contributed by atoms with Crippen LogP contribution in [0.5, 0.6) is 0 Å². The molecule has 10 heteroatoms. The number of thioether (sulfide) groups is 1. The molecular weight excluding hydrogens is 404 g/mol. The van der Waals surface area contributed by atoms with Gasteiger partial charge in [-0.15, -0.1) is 10.2 Å². The van der Waals surface area contributed by atoms with E-state index in [1.807, 2.05) is 6.26 Å². The third-order valence-electron chi connectivity index (χ3n) is 3.68. The molecule has 0 saturated heterocycles. The summed E-state index contributed by atoms with van der Waals surface area (Å²) in [6.45, 7) is 0. The molecule has 140 valence electrons. The SMILES string of the molecule is CSc1nnc(NC(=O)c2cccc(N(C)S(=O)(=O)c3ccccc3)c2)s1. The molecule has 0 saturated carbocycles. The summed E-state index contributed by atoms with van der Waals surface area (Å²) in [5.74, 6) is -0.383. The molecule has 0 aliphatic carbocycles. The molecule has 1 amide bonds. The fourth-order valence-corrected chi connectivity index (χ4v) is 4.62. The lowest BCUT2D eigenvalue weighted by Crippen LogP contribution is -2.26. The van der Waals surface area contributed by atoms with E-state index >= 15 is 0 Å². The number of hydrogen-bond acceptors (Lipinski definition) is 7. The second-order valence-electron chi connectivity index (χ2n) is 5.37. The highest BCUT2D eigenvalue weighted by Crippen LogP contribution is 2.25. The van der Waals surface area contributed by atoms with Crippen molar-refractivity contribution in [3.8, 4) is 0 Å². The van der Waals surface area contributed by atoms with Gasteiger partial charge in [0.25, 0.3) is 15.9 Å². The quantitative estimate of drug-likeness (QED) is 0.486. The van der Waals surface area contributed by atoms with Crippen LogP contribution in [0, 0.1) is 0 Å². The summed E-state index contributed by atoms with van der Waals surface area (Å²) in [6, 6.07) is 14.5. The Morgan fingerprint density at radius 1 is 1.11 bits per heavy atom. The van der Waals surface area contributed by atoms with E-state index in [1.54, 1.807) is 36.4 Å². The van der Waals surface area contributed by atoms with Gasteiger partial charge in [-0.3, -0.25) is 14.4 Å². The summed E-state index contributed by atoms with van der Waals surface area (Å²) < 4.78 is 27.4. The second-order valence-corrected chi connectivity index (χ2v) is 9.37. The normalized spacial score (nSPS) is 11.2. The van der Waals surface area contributed by atoms with E-state index < -0.39 is 10.0 Å². The van der Waals surface area contributed by atoms with Crippen LogP contribution in [0.3, 0.4) is 0 Å². The van der Waals surface area contributed by atoms with E-state index in [1.165, 1.54) is 48.3 Å². The highest BCUT2D eigenvalue weighted by atomic mass is 32.2. The van der Waals surface area contributed by atoms with Crippen molar-refractivity contribution >= 4 is 49.8 Å². The lowest BCUT2D eigenvalue weighted by atomic mass is 10.2. The molecule has 0 fully saturated rings. The Hall–Kier alpha value is -2.43. The number of hydrogen-bond donors (Lipinski definition) is 1. The third-order valence-corrected chi connectivity index (χ3v) is 7.29. The molecule has 2 aromatic carbocycles. The Morgan fingerprint density at radius 2 is 1.85 bits per heavy atom. The zero-order valence-electron chi connectivity index (χ0n) is 14.5. The van der Waals surface area contributed by atoms with Gasteiger partial charge in [0.05, 0.1) is 10.6 Å². The Balaban J connectivity index is 1.83. The second kappa shape index (κ2) is 8.07. The fraction of sp³-hybridized carbons (Fsp3) is 0.118. The van der Waals surface area contributed by atoms with Crippen LogP contribution in [0.4, 0.5) is 10.8 Å². The summed E-state index contributed by atoms with van der Waals surface area (Å²) in [4.78, 5) is 12.6. The van der Waals surface area contributed by atoms with Crippen molar-refractivity contribution in [3.63, 3.8) is 0 Å². The van der Waals surface area contributed by atoms with Gasteiger partial charge in [0.1, 0.15) is 0 Å². The zero-order chi connectivity index (χ0) is 19.4. The van der Waals surface area contributed by atoms with E-state index in [0.29, 0.717) is 16.4 Å². The Labute approximate surface area is 165 Å². The lowest BCUT2D eigenvalue weighted by Gasteiger charge is -2.20. The minimum absolute atomic E-state index is 0.181. The van der Waals surface area contributed by atoms with Crippen LogP contribution in [0.25, 0.3) is 0 Å². The monoisotopic (exact) mass is 420 g/mol. The van der Waals surface area contributed by atoms with Crippen molar-refractivity contribution in [3.05, 3.63) is 60.2 Å². The molecule has 0 bridgehead atoms. The number of nitrogens with zero attached hydrogens (tertiary/aromatic N) is 3. The van der Waals surface area contributed by atoms with E-state index in [4.69, 9.17) is 0 Å². The van der Waals surface area contributed by atoms with Crippen molar-refractivity contribution in [2.24, 2.45) is 0 Å². The van der Waals surface area contributed by atoms with Gasteiger partial charge in [0, 0.05) is 12.6 Å². The molecule has 3 rings (SSSR count). The average molecular weight is 421 g/mol. The predicted molar refractivity (Wildman–Crippen MR) is 108 cm³/mol. The van der Waals surface area contributed by atoms with Crippen LogP contribution < -0.4 is 9.62 Å². The van der Waals surface area contributed by atoms with Crippen LogP contribution in [0.15, 0.2) is 63.8 Å². The van der Waals surface area contributed by atoms with Crippen molar-refractivity contribution in [2.45, 2.75) is 9.24 Å². The van der Waals surface area contributed by atoms with Gasteiger partial charge in [0.2, 0.25) is 5.13 Å². The van der Waals surface area contributed by atoms with Crippen molar-refractivity contribution in [1.29, 1.82) is 0 Å². The third kappa shape index (κ3) is 4.29. The predicted octanol–water partition coefficient (Wildman–Crippen LogP) is 3.34. The number of nitrogens with one attached hydrogen (secondary N) is 1. The first-order valence-corrected chi connectivity index (χ1v) is 11.2. The molecule has 1 heterocycles. The molecule has 1 aromatic heterocycles. The number of anilines is 2. The summed E-state index contributed by atoms with van der Waals surface area (Å²) in [6.07, 6.45) is 1.87. The van der Waals surface area contributed by atoms with Crippen molar-refractivity contribution in [1.82, 2.24) is 10.2 Å². The van der Waals surface area contributed by atoms with Crippen LogP contribution in [0.2, 0.25) is 0 Å². The van der Waals surface area contributed by atoms with Crippen LogP contribution >= 0.6 is 23.1 Å². The van der Waals surface area contributed by atoms with E-state index in [-0.39, 0.29) is 10.8 Å². The summed E-state index contributed by atoms with van der Waals surface area (Å²) in [7, 11) is -2.26. The molecule has 1 N–H and O–H groups in total. The first kappa shape index (κ1) is 19.3. The molecular formula is C17H16N4O3S3. The number of carbonyl (C=O) groups excluding carboxylic acids is 1. The number of carbonyl (C=O) groups is 1. The Morgan fingerprint density at radius 3 is 2.52 bits per heavy atom. The molecule has 0 atom stereocenters. The number of rotatable bonds is 6.